The van der Waals surface area contributed by atoms with E-state index in [-0.39, 0.29) is 17.3 Å². The van der Waals surface area contributed by atoms with Crippen LogP contribution in [0, 0.1) is 10.1 Å². The highest BCUT2D eigenvalue weighted by Crippen LogP contribution is 2.37. The van der Waals surface area contributed by atoms with E-state index in [1.165, 1.54) is 12.4 Å². The Morgan fingerprint density at radius 1 is 0.974 bits per heavy atom. The predicted molar refractivity (Wildman–Crippen MR) is 149 cm³/mol. The quantitative estimate of drug-likeness (QED) is 0.184. The van der Waals surface area contributed by atoms with Gasteiger partial charge in [0.15, 0.2) is 0 Å². The summed E-state index contributed by atoms with van der Waals surface area (Å²) in [6.45, 7) is 8.81. The fourth-order valence-corrected chi connectivity index (χ4v) is 9.63. The molecule has 1 atom stereocenters. The Bertz CT molecular complexity index is 1330. The maximum absolute atomic E-state index is 11.4. The summed E-state index contributed by atoms with van der Waals surface area (Å²) in [4.78, 5) is 22.3. The van der Waals surface area contributed by atoms with Crippen LogP contribution in [-0.2, 0) is 4.43 Å². The molecule has 3 heterocycles. The standard InChI is InChI=1S/C28H32N6O3Si/c1-28(2,3)38(24-11-6-4-7-12-24,25-13-8-5-9-14-25)37-21-26(33-20-23(19-31-33)34(35)36)22-17-29-27(30-18-22)32-15-10-16-32/h4-9,11-14,17-20,26H,10,15-16,21H2,1-3H3. The minimum Gasteiger partial charge on any atom is -0.405 e. The monoisotopic (exact) mass is 528 g/mol. The van der Waals surface area contributed by atoms with Crippen molar-refractivity contribution in [1.82, 2.24) is 19.7 Å². The minimum atomic E-state index is -2.84. The summed E-state index contributed by atoms with van der Waals surface area (Å²) in [5.74, 6) is 0.693. The Morgan fingerprint density at radius 3 is 2.00 bits per heavy atom. The Labute approximate surface area is 223 Å². The molecule has 0 saturated carbocycles. The molecule has 1 unspecified atom stereocenters. The third-order valence-corrected chi connectivity index (χ3v) is 12.2. The lowest BCUT2D eigenvalue weighted by Crippen LogP contribution is -2.67. The first-order valence-corrected chi connectivity index (χ1v) is 14.7. The van der Waals surface area contributed by atoms with Crippen LogP contribution in [0.1, 0.15) is 38.8 Å². The Balaban J connectivity index is 1.57. The molecule has 0 radical (unpaired) electrons. The van der Waals surface area contributed by atoms with E-state index in [2.05, 4.69) is 65.0 Å². The molecule has 1 aliphatic rings. The van der Waals surface area contributed by atoms with Crippen molar-refractivity contribution >= 4 is 30.3 Å². The van der Waals surface area contributed by atoms with Gasteiger partial charge in [-0.25, -0.2) is 9.97 Å². The first-order valence-electron chi connectivity index (χ1n) is 12.8. The smallest absolute Gasteiger partial charge is 0.307 e. The average molecular weight is 529 g/mol. The Hall–Kier alpha value is -3.89. The van der Waals surface area contributed by atoms with Crippen molar-refractivity contribution in [2.45, 2.75) is 38.3 Å². The van der Waals surface area contributed by atoms with Gasteiger partial charge in [0, 0.05) is 31.0 Å². The number of aromatic nitrogens is 4. The molecule has 0 spiro atoms. The second kappa shape index (κ2) is 10.5. The van der Waals surface area contributed by atoms with Gasteiger partial charge in [0.25, 0.3) is 8.32 Å². The molecule has 0 bridgehead atoms. The van der Waals surface area contributed by atoms with Crippen molar-refractivity contribution in [3.05, 3.63) is 101 Å². The summed E-state index contributed by atoms with van der Waals surface area (Å²) < 4.78 is 8.75. The van der Waals surface area contributed by atoms with E-state index in [0.29, 0.717) is 5.95 Å². The lowest BCUT2D eigenvalue weighted by molar-refractivity contribution is -0.385. The second-order valence-electron chi connectivity index (χ2n) is 10.6. The van der Waals surface area contributed by atoms with Crippen molar-refractivity contribution in [1.29, 1.82) is 0 Å². The van der Waals surface area contributed by atoms with Gasteiger partial charge < -0.3 is 9.33 Å². The molecular formula is C28H32N6O3Si. The van der Waals surface area contributed by atoms with Crippen LogP contribution in [0.15, 0.2) is 85.5 Å². The number of nitro groups is 1. The summed E-state index contributed by atoms with van der Waals surface area (Å²) in [6.07, 6.45) is 7.42. The zero-order valence-electron chi connectivity index (χ0n) is 21.9. The molecule has 10 heteroatoms. The summed E-state index contributed by atoms with van der Waals surface area (Å²) in [7, 11) is -2.84. The fourth-order valence-electron chi connectivity index (χ4n) is 5.07. The molecule has 0 aliphatic carbocycles. The van der Waals surface area contributed by atoms with Gasteiger partial charge in [-0.15, -0.1) is 0 Å². The van der Waals surface area contributed by atoms with Crippen LogP contribution in [-0.4, -0.2) is 52.7 Å². The molecule has 0 N–H and O–H groups in total. The largest absolute Gasteiger partial charge is 0.405 e. The molecule has 9 nitrogen and oxygen atoms in total. The number of nitrogens with zero attached hydrogens (tertiary/aromatic N) is 6. The molecular weight excluding hydrogens is 496 g/mol. The maximum atomic E-state index is 11.4. The molecule has 38 heavy (non-hydrogen) atoms. The number of rotatable bonds is 9. The summed E-state index contributed by atoms with van der Waals surface area (Å²) in [5.41, 5.74) is 0.712. The van der Waals surface area contributed by atoms with Crippen LogP contribution in [0.4, 0.5) is 11.6 Å². The maximum Gasteiger partial charge on any atom is 0.307 e. The van der Waals surface area contributed by atoms with Crippen LogP contribution < -0.4 is 15.3 Å². The summed E-state index contributed by atoms with van der Waals surface area (Å²) >= 11 is 0. The van der Waals surface area contributed by atoms with Gasteiger partial charge in [0.2, 0.25) is 5.95 Å². The van der Waals surface area contributed by atoms with Crippen LogP contribution in [0.2, 0.25) is 5.04 Å². The van der Waals surface area contributed by atoms with Crippen LogP contribution in [0.5, 0.6) is 0 Å². The summed E-state index contributed by atoms with van der Waals surface area (Å²) in [5, 5.41) is 17.9. The van der Waals surface area contributed by atoms with Gasteiger partial charge in [0.05, 0.1) is 11.5 Å². The molecule has 1 saturated heterocycles. The molecule has 2 aromatic carbocycles. The van der Waals surface area contributed by atoms with Gasteiger partial charge in [-0.05, 0) is 21.8 Å². The lowest BCUT2D eigenvalue weighted by atomic mass is 10.1. The van der Waals surface area contributed by atoms with E-state index in [4.69, 9.17) is 4.43 Å². The number of benzene rings is 2. The van der Waals surface area contributed by atoms with Crippen molar-refractivity contribution in [2.24, 2.45) is 0 Å². The van der Waals surface area contributed by atoms with Crippen molar-refractivity contribution < 1.29 is 9.35 Å². The van der Waals surface area contributed by atoms with Crippen LogP contribution in [0.3, 0.4) is 0 Å². The number of hydrogen-bond acceptors (Lipinski definition) is 7. The van der Waals surface area contributed by atoms with Gasteiger partial charge in [-0.1, -0.05) is 81.4 Å². The zero-order chi connectivity index (χ0) is 26.8. The third kappa shape index (κ3) is 4.84. The molecule has 2 aromatic heterocycles. The van der Waals surface area contributed by atoms with Gasteiger partial charge in [0.1, 0.15) is 18.4 Å². The Morgan fingerprint density at radius 2 is 1.55 bits per heavy atom. The first kappa shape index (κ1) is 25.7. The highest BCUT2D eigenvalue weighted by molar-refractivity contribution is 6.99. The topological polar surface area (TPSA) is 99.2 Å². The SMILES string of the molecule is CC(C)(C)[Si](OCC(c1cnc(N2CCC2)nc1)n1cc([N+](=O)[O-])cn1)(c1ccccc1)c1ccccc1. The predicted octanol–water partition coefficient (Wildman–Crippen LogP) is 3.96. The normalized spacial score (nSPS) is 14.7. The number of anilines is 1. The fraction of sp³-hybridized carbons (Fsp3) is 0.321. The van der Waals surface area contributed by atoms with Gasteiger partial charge in [-0.2, -0.15) is 5.10 Å². The van der Waals surface area contributed by atoms with E-state index in [0.717, 1.165) is 35.4 Å². The van der Waals surface area contributed by atoms with E-state index in [1.54, 1.807) is 17.1 Å². The molecule has 5 rings (SSSR count). The van der Waals surface area contributed by atoms with Crippen LogP contribution in [0.25, 0.3) is 0 Å². The molecule has 0 amide bonds. The zero-order valence-corrected chi connectivity index (χ0v) is 22.9. The van der Waals surface area contributed by atoms with Crippen molar-refractivity contribution in [2.75, 3.05) is 24.6 Å². The van der Waals surface area contributed by atoms with E-state index >= 15 is 0 Å². The lowest BCUT2D eigenvalue weighted by Gasteiger charge is -2.43. The second-order valence-corrected chi connectivity index (χ2v) is 14.9. The molecule has 1 fully saturated rings. The first-order chi connectivity index (χ1) is 18.3. The van der Waals surface area contributed by atoms with Gasteiger partial charge in [-0.3, -0.25) is 14.8 Å². The Kier molecular flexibility index (Phi) is 7.09. The van der Waals surface area contributed by atoms with E-state index in [9.17, 15) is 10.1 Å². The highest BCUT2D eigenvalue weighted by Gasteiger charge is 2.50. The average Bonchev–Trinajstić information content (AvgIpc) is 3.37. The molecule has 1 aliphatic heterocycles. The number of hydrogen-bond donors (Lipinski definition) is 0. The van der Waals surface area contributed by atoms with Crippen molar-refractivity contribution in [3.8, 4) is 0 Å². The van der Waals surface area contributed by atoms with Crippen molar-refractivity contribution in [3.63, 3.8) is 0 Å². The minimum absolute atomic E-state index is 0.0708. The third-order valence-electron chi connectivity index (χ3n) is 7.17. The van der Waals surface area contributed by atoms with E-state index < -0.39 is 19.3 Å². The summed E-state index contributed by atoms with van der Waals surface area (Å²) in [6, 6.07) is 20.3. The highest BCUT2D eigenvalue weighted by atomic mass is 28.4. The van der Waals surface area contributed by atoms with Gasteiger partial charge >= 0.3 is 5.69 Å². The molecule has 4 aromatic rings. The van der Waals surface area contributed by atoms with E-state index in [1.807, 2.05) is 36.4 Å². The van der Waals surface area contributed by atoms with Crippen LogP contribution >= 0.6 is 0 Å². The molecule has 196 valence electrons.